The molecule has 1 amide bonds. The number of para-hydroxylation sites is 2. The molecule has 0 saturated heterocycles. The Labute approximate surface area is 203 Å². The molecule has 0 spiro atoms. The Kier molecular flexibility index (Phi) is 7.33. The van der Waals surface area contributed by atoms with Gasteiger partial charge in [0.15, 0.2) is 12.4 Å². The predicted molar refractivity (Wildman–Crippen MR) is 133 cm³/mol. The molecule has 0 bridgehead atoms. The molecule has 35 heavy (non-hydrogen) atoms. The van der Waals surface area contributed by atoms with Gasteiger partial charge in [-0.25, -0.2) is 4.79 Å². The number of hydrogen-bond acceptors (Lipinski definition) is 5. The molecule has 4 aromatic rings. The quantitative estimate of drug-likeness (QED) is 0.246. The summed E-state index contributed by atoms with van der Waals surface area (Å²) in [7, 11) is 1.51. The fourth-order valence-electron chi connectivity index (χ4n) is 3.59. The van der Waals surface area contributed by atoms with E-state index in [-0.39, 0.29) is 16.9 Å². The molecule has 0 saturated carbocycles. The molecule has 4 aromatic carbocycles. The molecule has 0 radical (unpaired) electrons. The summed E-state index contributed by atoms with van der Waals surface area (Å²) < 4.78 is 10.4. The highest BCUT2D eigenvalue weighted by atomic mass is 16.5. The molecule has 6 nitrogen and oxygen atoms in total. The molecule has 6 heteroatoms. The first-order chi connectivity index (χ1) is 17.1. The lowest BCUT2D eigenvalue weighted by Gasteiger charge is -2.24. The maximum atomic E-state index is 13.7. The number of carbonyl (C=O) groups is 3. The normalized spacial score (nSPS) is 10.3. The number of amides is 1. The van der Waals surface area contributed by atoms with Crippen molar-refractivity contribution in [1.29, 1.82) is 0 Å². The third-order valence-corrected chi connectivity index (χ3v) is 5.34. The fourth-order valence-corrected chi connectivity index (χ4v) is 3.59. The highest BCUT2D eigenvalue weighted by Gasteiger charge is 2.25. The zero-order valence-corrected chi connectivity index (χ0v) is 19.1. The van der Waals surface area contributed by atoms with Crippen molar-refractivity contribution in [3.8, 4) is 5.75 Å². The van der Waals surface area contributed by atoms with Crippen LogP contribution in [0.5, 0.6) is 5.75 Å². The van der Waals surface area contributed by atoms with Crippen LogP contribution in [0.15, 0.2) is 109 Å². The van der Waals surface area contributed by atoms with E-state index in [1.54, 1.807) is 42.5 Å². The summed E-state index contributed by atoms with van der Waals surface area (Å²) in [6.45, 7) is -0.463. The van der Waals surface area contributed by atoms with E-state index in [1.807, 2.05) is 60.7 Å². The van der Waals surface area contributed by atoms with Crippen LogP contribution in [-0.4, -0.2) is 31.4 Å². The molecule has 0 unspecified atom stereocenters. The Morgan fingerprint density at radius 2 is 1.26 bits per heavy atom. The molecule has 174 valence electrons. The third kappa shape index (κ3) is 5.45. The molecule has 0 N–H and O–H groups in total. The van der Waals surface area contributed by atoms with E-state index < -0.39 is 18.5 Å². The number of anilines is 2. The van der Waals surface area contributed by atoms with E-state index in [1.165, 1.54) is 18.1 Å². The summed E-state index contributed by atoms with van der Waals surface area (Å²) in [4.78, 5) is 40.8. The van der Waals surface area contributed by atoms with Crippen molar-refractivity contribution in [1.82, 2.24) is 0 Å². The van der Waals surface area contributed by atoms with Gasteiger partial charge in [0, 0.05) is 16.9 Å². The number of ether oxygens (including phenoxy) is 2. The van der Waals surface area contributed by atoms with Gasteiger partial charge in [-0.15, -0.1) is 0 Å². The zero-order valence-electron chi connectivity index (χ0n) is 19.1. The Morgan fingerprint density at radius 1 is 0.686 bits per heavy atom. The maximum absolute atomic E-state index is 13.7. The van der Waals surface area contributed by atoms with Gasteiger partial charge < -0.3 is 9.47 Å². The summed E-state index contributed by atoms with van der Waals surface area (Å²) in [5.74, 6) is -1.00. The van der Waals surface area contributed by atoms with Crippen LogP contribution < -0.4 is 9.64 Å². The maximum Gasteiger partial charge on any atom is 0.339 e. The van der Waals surface area contributed by atoms with E-state index in [4.69, 9.17) is 9.47 Å². The first-order valence-corrected chi connectivity index (χ1v) is 11.0. The molecular formula is C29H23NO5. The van der Waals surface area contributed by atoms with Crippen LogP contribution in [0.2, 0.25) is 0 Å². The van der Waals surface area contributed by atoms with Crippen molar-refractivity contribution in [2.24, 2.45) is 0 Å². The Morgan fingerprint density at radius 3 is 1.86 bits per heavy atom. The van der Waals surface area contributed by atoms with Gasteiger partial charge in [0.2, 0.25) is 0 Å². The van der Waals surface area contributed by atoms with Crippen molar-refractivity contribution in [2.75, 3.05) is 18.6 Å². The smallest absolute Gasteiger partial charge is 0.339 e. The molecule has 0 aliphatic rings. The van der Waals surface area contributed by atoms with E-state index >= 15 is 0 Å². The van der Waals surface area contributed by atoms with Gasteiger partial charge >= 0.3 is 5.97 Å². The minimum atomic E-state index is -0.758. The van der Waals surface area contributed by atoms with Gasteiger partial charge in [0.1, 0.15) is 5.75 Å². The van der Waals surface area contributed by atoms with Gasteiger partial charge in [0.05, 0.1) is 18.2 Å². The predicted octanol–water partition coefficient (Wildman–Crippen LogP) is 5.71. The van der Waals surface area contributed by atoms with Gasteiger partial charge in [0.25, 0.3) is 5.91 Å². The summed E-state index contributed by atoms with van der Waals surface area (Å²) >= 11 is 0. The van der Waals surface area contributed by atoms with Crippen molar-refractivity contribution < 1.29 is 23.9 Å². The number of nitrogens with zero attached hydrogens (tertiary/aromatic N) is 1. The standard InChI is InChI=1S/C29H23NO5/c1-34-24-16-10-11-21(19-24)27(31)20-35-29(33)26-18-9-8-17-25(26)28(32)30(22-12-4-2-5-13-22)23-14-6-3-7-15-23/h2-19H,20H2,1H3. The van der Waals surface area contributed by atoms with Gasteiger partial charge in [-0.05, 0) is 48.5 Å². The number of benzene rings is 4. The van der Waals surface area contributed by atoms with Crippen LogP contribution in [0, 0.1) is 0 Å². The van der Waals surface area contributed by atoms with E-state index in [0.29, 0.717) is 22.7 Å². The number of rotatable bonds is 8. The third-order valence-electron chi connectivity index (χ3n) is 5.34. The molecule has 0 heterocycles. The lowest BCUT2D eigenvalue weighted by Crippen LogP contribution is -2.28. The van der Waals surface area contributed by atoms with Crippen LogP contribution in [0.4, 0.5) is 11.4 Å². The lowest BCUT2D eigenvalue weighted by atomic mass is 10.1. The average Bonchev–Trinajstić information content (AvgIpc) is 2.92. The first kappa shape index (κ1) is 23.4. The highest BCUT2D eigenvalue weighted by Crippen LogP contribution is 2.28. The van der Waals surface area contributed by atoms with Crippen LogP contribution in [0.1, 0.15) is 31.1 Å². The number of ketones is 1. The molecular weight excluding hydrogens is 442 g/mol. The molecule has 0 fully saturated rings. The summed E-state index contributed by atoms with van der Waals surface area (Å²) in [6, 6.07) is 31.3. The second-order valence-corrected chi connectivity index (χ2v) is 7.59. The van der Waals surface area contributed by atoms with E-state index in [2.05, 4.69) is 0 Å². The number of methoxy groups -OCH3 is 1. The topological polar surface area (TPSA) is 72.9 Å². The highest BCUT2D eigenvalue weighted by molar-refractivity contribution is 6.15. The summed E-state index contributed by atoms with van der Waals surface area (Å²) in [6.07, 6.45) is 0. The molecule has 0 aliphatic carbocycles. The monoisotopic (exact) mass is 465 g/mol. The van der Waals surface area contributed by atoms with Crippen molar-refractivity contribution in [2.45, 2.75) is 0 Å². The van der Waals surface area contributed by atoms with Crippen LogP contribution in [0.3, 0.4) is 0 Å². The Balaban J connectivity index is 1.59. The SMILES string of the molecule is COc1cccc(C(=O)COC(=O)c2ccccc2C(=O)N(c2ccccc2)c2ccccc2)c1. The molecule has 0 atom stereocenters. The molecule has 0 aromatic heterocycles. The number of esters is 1. The van der Waals surface area contributed by atoms with Crippen molar-refractivity contribution in [3.05, 3.63) is 126 Å². The minimum Gasteiger partial charge on any atom is -0.497 e. The largest absolute Gasteiger partial charge is 0.497 e. The lowest BCUT2D eigenvalue weighted by molar-refractivity contribution is 0.0472. The van der Waals surface area contributed by atoms with Crippen LogP contribution in [-0.2, 0) is 4.74 Å². The Hall–Kier alpha value is -4.71. The second-order valence-electron chi connectivity index (χ2n) is 7.59. The minimum absolute atomic E-state index is 0.0767. The number of carbonyl (C=O) groups excluding carboxylic acids is 3. The van der Waals surface area contributed by atoms with Crippen molar-refractivity contribution >= 4 is 29.0 Å². The van der Waals surface area contributed by atoms with Crippen LogP contribution in [0.25, 0.3) is 0 Å². The number of Topliss-reactive ketones (excluding diaryl/α,β-unsaturated/α-hetero) is 1. The van der Waals surface area contributed by atoms with Gasteiger partial charge in [-0.3, -0.25) is 14.5 Å². The fraction of sp³-hybridized carbons (Fsp3) is 0.0690. The van der Waals surface area contributed by atoms with E-state index in [9.17, 15) is 14.4 Å². The summed E-state index contributed by atoms with van der Waals surface area (Å²) in [5.41, 5.74) is 1.91. The summed E-state index contributed by atoms with van der Waals surface area (Å²) in [5, 5.41) is 0. The van der Waals surface area contributed by atoms with Gasteiger partial charge in [-0.1, -0.05) is 60.7 Å². The average molecular weight is 466 g/mol. The van der Waals surface area contributed by atoms with E-state index in [0.717, 1.165) is 0 Å². The molecule has 0 aliphatic heterocycles. The number of hydrogen-bond donors (Lipinski definition) is 0. The first-order valence-electron chi connectivity index (χ1n) is 11.0. The zero-order chi connectivity index (χ0) is 24.6. The van der Waals surface area contributed by atoms with Gasteiger partial charge in [-0.2, -0.15) is 0 Å². The van der Waals surface area contributed by atoms with Crippen LogP contribution >= 0.6 is 0 Å². The van der Waals surface area contributed by atoms with Crippen molar-refractivity contribution in [3.63, 3.8) is 0 Å². The second kappa shape index (κ2) is 10.9. The molecule has 4 rings (SSSR count). The Bertz CT molecular complexity index is 1300.